The van der Waals surface area contributed by atoms with E-state index in [1.54, 1.807) is 0 Å². The number of rotatable bonds is 7. The Labute approximate surface area is 322 Å². The van der Waals surface area contributed by atoms with Crippen LogP contribution in [0.2, 0.25) is 0 Å². The van der Waals surface area contributed by atoms with Gasteiger partial charge in [0.2, 0.25) is 0 Å². The first-order valence-corrected chi connectivity index (χ1v) is 18.9. The zero-order valence-electron chi connectivity index (χ0n) is 30.2. The van der Waals surface area contributed by atoms with E-state index in [0.717, 1.165) is 33.7 Å². The maximum absolute atomic E-state index is 5.37. The van der Waals surface area contributed by atoms with Crippen LogP contribution in [0.25, 0.3) is 33.4 Å². The molecule has 0 aromatic heterocycles. The van der Waals surface area contributed by atoms with Crippen molar-refractivity contribution in [2.45, 2.75) is 11.6 Å². The van der Waals surface area contributed by atoms with E-state index >= 15 is 0 Å². The number of hydrogen-bond donors (Lipinski definition) is 1. The highest BCUT2D eigenvalue weighted by Crippen LogP contribution is 2.56. The van der Waals surface area contributed by atoms with E-state index in [1.807, 2.05) is 0 Å². The van der Waals surface area contributed by atoms with E-state index in [9.17, 15) is 0 Å². The maximum atomic E-state index is 5.37. The SMILES string of the molecule is c1ccc(-c2cccc(C3=NC(c4ccc5c(c4)-c4ccccc4C5(c4ccccc4)c4ccccc4)=NC(c4cccc(-c5ccccc5)c4)N3)c2)cc1. The van der Waals surface area contributed by atoms with Crippen LogP contribution in [-0.4, -0.2) is 11.7 Å². The summed E-state index contributed by atoms with van der Waals surface area (Å²) < 4.78 is 0. The molecule has 0 bridgehead atoms. The number of benzene rings is 8. The van der Waals surface area contributed by atoms with Gasteiger partial charge in [-0.2, -0.15) is 0 Å². The van der Waals surface area contributed by atoms with E-state index in [-0.39, 0.29) is 6.17 Å². The smallest absolute Gasteiger partial charge is 0.159 e. The highest BCUT2D eigenvalue weighted by Gasteiger charge is 2.46. The van der Waals surface area contributed by atoms with Crippen molar-refractivity contribution in [2.24, 2.45) is 9.98 Å². The molecule has 0 amide bonds. The van der Waals surface area contributed by atoms with Crippen molar-refractivity contribution < 1.29 is 0 Å². The van der Waals surface area contributed by atoms with Gasteiger partial charge < -0.3 is 5.32 Å². The molecule has 0 spiro atoms. The van der Waals surface area contributed by atoms with Crippen molar-refractivity contribution in [2.75, 3.05) is 0 Å². The molecular formula is C52H37N3. The normalized spacial score (nSPS) is 15.2. The first kappa shape index (κ1) is 32.5. The van der Waals surface area contributed by atoms with Gasteiger partial charge in [0, 0.05) is 11.1 Å². The monoisotopic (exact) mass is 703 g/mol. The molecule has 0 saturated carbocycles. The summed E-state index contributed by atoms with van der Waals surface area (Å²) in [6.07, 6.45) is -0.347. The molecule has 3 nitrogen and oxygen atoms in total. The zero-order valence-corrected chi connectivity index (χ0v) is 30.2. The Hall–Kier alpha value is -7.10. The minimum absolute atomic E-state index is 0.347. The van der Waals surface area contributed by atoms with E-state index in [4.69, 9.17) is 9.98 Å². The van der Waals surface area contributed by atoms with Crippen molar-refractivity contribution in [1.29, 1.82) is 0 Å². The molecule has 0 saturated heterocycles. The maximum Gasteiger partial charge on any atom is 0.159 e. The molecule has 1 aliphatic carbocycles. The van der Waals surface area contributed by atoms with Crippen molar-refractivity contribution in [3.63, 3.8) is 0 Å². The molecular weight excluding hydrogens is 667 g/mol. The molecule has 8 aromatic carbocycles. The number of aliphatic imine (C=N–C) groups is 2. The Morgan fingerprint density at radius 3 is 1.58 bits per heavy atom. The molecule has 0 radical (unpaired) electrons. The van der Waals surface area contributed by atoms with Crippen molar-refractivity contribution in [3.05, 3.63) is 251 Å². The van der Waals surface area contributed by atoms with Gasteiger partial charge in [0.25, 0.3) is 0 Å². The standard InChI is InChI=1S/C52H37N3/c1-5-17-36(18-6-1)38-21-15-23-40(33-38)49-53-50(41-24-16-22-39(34-41)37-19-7-2-8-20-37)55-51(54-49)42-31-32-48-46(35-42)45-29-13-14-30-47(45)52(48,43-25-9-3-10-26-43)44-27-11-4-12-28-44/h1-35,49H,(H,53,54,55). The van der Waals surface area contributed by atoms with Crippen molar-refractivity contribution in [3.8, 4) is 33.4 Å². The Kier molecular flexibility index (Phi) is 8.11. The Morgan fingerprint density at radius 1 is 0.382 bits per heavy atom. The lowest BCUT2D eigenvalue weighted by atomic mass is 9.67. The van der Waals surface area contributed by atoms with Gasteiger partial charge in [0.15, 0.2) is 5.84 Å². The molecule has 1 N–H and O–H groups in total. The van der Waals surface area contributed by atoms with Crippen LogP contribution >= 0.6 is 0 Å². The second-order valence-electron chi connectivity index (χ2n) is 14.2. The predicted molar refractivity (Wildman–Crippen MR) is 226 cm³/mol. The van der Waals surface area contributed by atoms with Gasteiger partial charge in [-0.1, -0.05) is 194 Å². The van der Waals surface area contributed by atoms with Gasteiger partial charge in [-0.15, -0.1) is 0 Å². The minimum atomic E-state index is -0.463. The summed E-state index contributed by atoms with van der Waals surface area (Å²) in [5.74, 6) is 1.49. The van der Waals surface area contributed by atoms with Gasteiger partial charge in [0.05, 0.1) is 5.41 Å². The molecule has 10 rings (SSSR count). The van der Waals surface area contributed by atoms with Gasteiger partial charge in [-0.3, -0.25) is 0 Å². The van der Waals surface area contributed by atoms with Crippen LogP contribution < -0.4 is 5.32 Å². The number of fused-ring (bicyclic) bond motifs is 3. The lowest BCUT2D eigenvalue weighted by molar-refractivity contribution is 0.674. The molecule has 1 heterocycles. The van der Waals surface area contributed by atoms with E-state index in [1.165, 1.54) is 44.5 Å². The zero-order chi connectivity index (χ0) is 36.6. The van der Waals surface area contributed by atoms with Gasteiger partial charge in [-0.05, 0) is 79.4 Å². The summed E-state index contributed by atoms with van der Waals surface area (Å²) in [7, 11) is 0. The third-order valence-corrected chi connectivity index (χ3v) is 11.0. The van der Waals surface area contributed by atoms with Crippen LogP contribution in [0.5, 0.6) is 0 Å². The number of nitrogens with zero attached hydrogens (tertiary/aromatic N) is 2. The highest BCUT2D eigenvalue weighted by molar-refractivity contribution is 6.14. The summed E-state index contributed by atoms with van der Waals surface area (Å²) in [5, 5.41) is 3.73. The molecule has 55 heavy (non-hydrogen) atoms. The highest BCUT2D eigenvalue weighted by atomic mass is 15.2. The van der Waals surface area contributed by atoms with Crippen LogP contribution in [0, 0.1) is 0 Å². The van der Waals surface area contributed by atoms with Gasteiger partial charge in [-0.25, -0.2) is 9.98 Å². The molecule has 1 aliphatic heterocycles. The van der Waals surface area contributed by atoms with E-state index in [2.05, 4.69) is 218 Å². The summed E-state index contributed by atoms with van der Waals surface area (Å²) in [6.45, 7) is 0. The van der Waals surface area contributed by atoms with Crippen LogP contribution in [0.4, 0.5) is 0 Å². The van der Waals surface area contributed by atoms with E-state index in [0.29, 0.717) is 5.84 Å². The number of amidine groups is 2. The van der Waals surface area contributed by atoms with Gasteiger partial charge in [0.1, 0.15) is 12.0 Å². The summed E-state index contributed by atoms with van der Waals surface area (Å²) in [5.41, 5.74) is 14.7. The summed E-state index contributed by atoms with van der Waals surface area (Å²) >= 11 is 0. The fourth-order valence-electron chi connectivity index (χ4n) is 8.48. The van der Waals surface area contributed by atoms with Crippen molar-refractivity contribution >= 4 is 11.7 Å². The third-order valence-electron chi connectivity index (χ3n) is 11.0. The fourth-order valence-corrected chi connectivity index (χ4v) is 8.48. The Morgan fingerprint density at radius 2 is 0.909 bits per heavy atom. The minimum Gasteiger partial charge on any atom is -0.344 e. The lowest BCUT2D eigenvalue weighted by Gasteiger charge is -2.33. The molecule has 0 fully saturated rings. The third kappa shape index (κ3) is 5.69. The predicted octanol–water partition coefficient (Wildman–Crippen LogP) is 11.9. The van der Waals surface area contributed by atoms with Crippen LogP contribution in [0.3, 0.4) is 0 Å². The Bertz CT molecular complexity index is 2680. The van der Waals surface area contributed by atoms with Gasteiger partial charge >= 0.3 is 0 Å². The average Bonchev–Trinajstić information content (AvgIpc) is 3.58. The average molecular weight is 704 g/mol. The molecule has 260 valence electrons. The summed E-state index contributed by atoms with van der Waals surface area (Å²) in [4.78, 5) is 10.7. The largest absolute Gasteiger partial charge is 0.344 e. The number of hydrogen-bond acceptors (Lipinski definition) is 3. The molecule has 2 aliphatic rings. The van der Waals surface area contributed by atoms with Crippen LogP contribution in [0.15, 0.2) is 222 Å². The topological polar surface area (TPSA) is 36.8 Å². The first-order chi connectivity index (χ1) is 27.3. The number of nitrogens with one attached hydrogen (secondary N) is 1. The van der Waals surface area contributed by atoms with E-state index < -0.39 is 5.41 Å². The quantitative estimate of drug-likeness (QED) is 0.176. The molecule has 8 aromatic rings. The summed E-state index contributed by atoms with van der Waals surface area (Å²) in [6, 6.07) is 75.8. The van der Waals surface area contributed by atoms with Crippen LogP contribution in [0.1, 0.15) is 45.1 Å². The second-order valence-corrected chi connectivity index (χ2v) is 14.2. The molecule has 1 unspecified atom stereocenters. The second kappa shape index (κ2) is 13.7. The Balaban J connectivity index is 1.14. The van der Waals surface area contributed by atoms with Crippen molar-refractivity contribution in [1.82, 2.24) is 5.32 Å². The lowest BCUT2D eigenvalue weighted by Crippen LogP contribution is -2.33. The first-order valence-electron chi connectivity index (χ1n) is 18.9. The molecule has 3 heteroatoms. The molecule has 1 atom stereocenters. The fraction of sp³-hybridized carbons (Fsp3) is 0.0385. The van der Waals surface area contributed by atoms with Crippen LogP contribution in [-0.2, 0) is 5.41 Å².